The minimum absolute atomic E-state index is 0.0365. The third-order valence-electron chi connectivity index (χ3n) is 4.39. The molecule has 0 aliphatic carbocycles. The minimum Gasteiger partial charge on any atom is -0.396 e. The molecule has 1 aliphatic heterocycles. The largest absolute Gasteiger partial charge is 0.396 e. The molecule has 2 aromatic rings. The van der Waals surface area contributed by atoms with E-state index in [1.54, 1.807) is 0 Å². The molecule has 4 nitrogen and oxygen atoms in total. The van der Waals surface area contributed by atoms with Gasteiger partial charge < -0.3 is 15.3 Å². The van der Waals surface area contributed by atoms with Crippen LogP contribution in [-0.2, 0) is 6.42 Å². The van der Waals surface area contributed by atoms with Gasteiger partial charge in [-0.3, -0.25) is 4.79 Å². The number of likely N-dealkylation sites (N-methyl/N-ethyl adjacent to an activating group) is 1. The van der Waals surface area contributed by atoms with Gasteiger partial charge in [0.1, 0.15) is 0 Å². The van der Waals surface area contributed by atoms with Gasteiger partial charge in [0.25, 0.3) is 5.91 Å². The molecule has 2 aromatic carbocycles. The van der Waals surface area contributed by atoms with E-state index in [-0.39, 0.29) is 18.6 Å². The molecule has 1 heterocycles. The summed E-state index contributed by atoms with van der Waals surface area (Å²) in [7, 11) is 2.07. The van der Waals surface area contributed by atoms with E-state index in [1.165, 1.54) is 11.3 Å². The van der Waals surface area contributed by atoms with Crippen molar-refractivity contribution in [3.63, 3.8) is 0 Å². The maximum atomic E-state index is 12.6. The summed E-state index contributed by atoms with van der Waals surface area (Å²) >= 11 is 0. The van der Waals surface area contributed by atoms with Gasteiger partial charge in [0.05, 0.1) is 6.04 Å². The Hall–Kier alpha value is -2.33. The van der Waals surface area contributed by atoms with Crippen LogP contribution in [0.15, 0.2) is 48.5 Å². The second-order valence-corrected chi connectivity index (χ2v) is 5.96. The van der Waals surface area contributed by atoms with E-state index >= 15 is 0 Å². The molecular formula is C19H22N2O2. The number of hydrogen-bond donors (Lipinski definition) is 2. The predicted molar refractivity (Wildman–Crippen MR) is 91.8 cm³/mol. The van der Waals surface area contributed by atoms with Crippen LogP contribution >= 0.6 is 0 Å². The summed E-state index contributed by atoms with van der Waals surface area (Å²) in [6.07, 6.45) is 1.48. The number of nitrogens with zero attached hydrogens (tertiary/aromatic N) is 1. The van der Waals surface area contributed by atoms with Crippen molar-refractivity contribution in [2.45, 2.75) is 18.9 Å². The maximum absolute atomic E-state index is 12.6. The van der Waals surface area contributed by atoms with Crippen molar-refractivity contribution >= 4 is 11.6 Å². The molecule has 1 aliphatic rings. The summed E-state index contributed by atoms with van der Waals surface area (Å²) in [6, 6.07) is 15.5. The molecular weight excluding hydrogens is 288 g/mol. The standard InChI is InChI=1S/C19H22N2O2/c1-21-11-9-15-13-16(7-8-18(15)21)19(23)20-17(10-12-22)14-5-3-2-4-6-14/h2-8,13,17,22H,9-12H2,1H3,(H,20,23)/t17-/m1/s1. The van der Waals surface area contributed by atoms with Gasteiger partial charge in [0, 0.05) is 31.5 Å². The average molecular weight is 310 g/mol. The van der Waals surface area contributed by atoms with Gasteiger partial charge in [-0.25, -0.2) is 0 Å². The van der Waals surface area contributed by atoms with Gasteiger partial charge in [0.2, 0.25) is 0 Å². The van der Waals surface area contributed by atoms with Gasteiger partial charge in [0.15, 0.2) is 0 Å². The van der Waals surface area contributed by atoms with E-state index in [9.17, 15) is 9.90 Å². The lowest BCUT2D eigenvalue weighted by atomic mass is 10.0. The van der Waals surface area contributed by atoms with Gasteiger partial charge >= 0.3 is 0 Å². The molecule has 1 amide bonds. The second kappa shape index (κ2) is 6.84. The summed E-state index contributed by atoms with van der Waals surface area (Å²) in [4.78, 5) is 14.8. The summed E-state index contributed by atoms with van der Waals surface area (Å²) in [5, 5.41) is 12.3. The lowest BCUT2D eigenvalue weighted by Crippen LogP contribution is -2.29. The van der Waals surface area contributed by atoms with Crippen LogP contribution in [0.5, 0.6) is 0 Å². The van der Waals surface area contributed by atoms with Crippen LogP contribution in [-0.4, -0.2) is 31.2 Å². The van der Waals surface area contributed by atoms with Crippen molar-refractivity contribution in [2.75, 3.05) is 25.1 Å². The highest BCUT2D eigenvalue weighted by molar-refractivity contribution is 5.95. The monoisotopic (exact) mass is 310 g/mol. The zero-order valence-electron chi connectivity index (χ0n) is 13.3. The number of aliphatic hydroxyl groups is 1. The molecule has 1 atom stereocenters. The van der Waals surface area contributed by atoms with Crippen molar-refractivity contribution < 1.29 is 9.90 Å². The smallest absolute Gasteiger partial charge is 0.251 e. The van der Waals surface area contributed by atoms with Gasteiger partial charge in [-0.2, -0.15) is 0 Å². The van der Waals surface area contributed by atoms with Crippen molar-refractivity contribution in [3.05, 3.63) is 65.2 Å². The van der Waals surface area contributed by atoms with Crippen molar-refractivity contribution in [3.8, 4) is 0 Å². The fraction of sp³-hybridized carbons (Fsp3) is 0.316. The molecule has 0 saturated carbocycles. The van der Waals surface area contributed by atoms with Gasteiger partial charge in [-0.05, 0) is 42.2 Å². The second-order valence-electron chi connectivity index (χ2n) is 5.96. The Morgan fingerprint density at radius 2 is 2.04 bits per heavy atom. The number of benzene rings is 2. The van der Waals surface area contributed by atoms with Crippen LogP contribution in [0.4, 0.5) is 5.69 Å². The molecule has 23 heavy (non-hydrogen) atoms. The first-order valence-electron chi connectivity index (χ1n) is 8.00. The number of hydrogen-bond acceptors (Lipinski definition) is 3. The number of fused-ring (bicyclic) bond motifs is 1. The minimum atomic E-state index is -0.176. The Kier molecular flexibility index (Phi) is 4.63. The van der Waals surface area contributed by atoms with Crippen molar-refractivity contribution in [2.24, 2.45) is 0 Å². The fourth-order valence-corrected chi connectivity index (χ4v) is 3.09. The summed E-state index contributed by atoms with van der Waals surface area (Å²) < 4.78 is 0. The fourth-order valence-electron chi connectivity index (χ4n) is 3.09. The number of carbonyl (C=O) groups excluding carboxylic acids is 1. The van der Waals surface area contributed by atoms with E-state index < -0.39 is 0 Å². The third-order valence-corrected chi connectivity index (χ3v) is 4.39. The van der Waals surface area contributed by atoms with Crippen LogP contribution < -0.4 is 10.2 Å². The number of anilines is 1. The van der Waals surface area contributed by atoms with Crippen LogP contribution in [0.1, 0.15) is 33.9 Å². The first-order chi connectivity index (χ1) is 11.2. The van der Waals surface area contributed by atoms with Crippen LogP contribution in [0.2, 0.25) is 0 Å². The third kappa shape index (κ3) is 3.37. The molecule has 3 rings (SSSR count). The van der Waals surface area contributed by atoms with Crippen molar-refractivity contribution in [1.82, 2.24) is 5.32 Å². The van der Waals surface area contributed by atoms with Crippen LogP contribution in [0, 0.1) is 0 Å². The van der Waals surface area contributed by atoms with E-state index in [0.29, 0.717) is 12.0 Å². The summed E-state index contributed by atoms with van der Waals surface area (Å²) in [6.45, 7) is 1.03. The normalized spacial score (nSPS) is 14.4. The van der Waals surface area contributed by atoms with E-state index in [2.05, 4.69) is 17.3 Å². The average Bonchev–Trinajstić information content (AvgIpc) is 2.96. The van der Waals surface area contributed by atoms with Gasteiger partial charge in [-0.1, -0.05) is 30.3 Å². The molecule has 0 unspecified atom stereocenters. The van der Waals surface area contributed by atoms with E-state index in [4.69, 9.17) is 0 Å². The van der Waals surface area contributed by atoms with E-state index in [1.807, 2.05) is 48.5 Å². The van der Waals surface area contributed by atoms with Crippen LogP contribution in [0.3, 0.4) is 0 Å². The summed E-state index contributed by atoms with van der Waals surface area (Å²) in [5.74, 6) is -0.0929. The molecule has 0 radical (unpaired) electrons. The Morgan fingerprint density at radius 3 is 2.78 bits per heavy atom. The Bertz CT molecular complexity index is 685. The number of aliphatic hydroxyl groups excluding tert-OH is 1. The van der Waals surface area contributed by atoms with Crippen LogP contribution in [0.25, 0.3) is 0 Å². The lowest BCUT2D eigenvalue weighted by Gasteiger charge is -2.19. The SMILES string of the molecule is CN1CCc2cc(C(=O)N[C@H](CCO)c3ccccc3)ccc21. The van der Waals surface area contributed by atoms with E-state index in [0.717, 1.165) is 18.5 Å². The molecule has 0 spiro atoms. The molecule has 0 aromatic heterocycles. The lowest BCUT2D eigenvalue weighted by molar-refractivity contribution is 0.0930. The first kappa shape index (κ1) is 15.6. The van der Waals surface area contributed by atoms with Crippen molar-refractivity contribution in [1.29, 1.82) is 0 Å². The number of nitrogens with one attached hydrogen (secondary N) is 1. The Labute approximate surface area is 136 Å². The predicted octanol–water partition coefficient (Wildman–Crippen LogP) is 2.53. The molecule has 2 N–H and O–H groups in total. The number of amides is 1. The molecule has 0 saturated heterocycles. The molecule has 120 valence electrons. The highest BCUT2D eigenvalue weighted by Gasteiger charge is 2.19. The highest BCUT2D eigenvalue weighted by atomic mass is 16.3. The quantitative estimate of drug-likeness (QED) is 0.892. The number of rotatable bonds is 5. The zero-order chi connectivity index (χ0) is 16.2. The Balaban J connectivity index is 1.77. The first-order valence-corrected chi connectivity index (χ1v) is 8.00. The Morgan fingerprint density at radius 1 is 1.26 bits per heavy atom. The zero-order valence-corrected chi connectivity index (χ0v) is 13.3. The topological polar surface area (TPSA) is 52.6 Å². The number of carbonyl (C=O) groups is 1. The molecule has 0 bridgehead atoms. The maximum Gasteiger partial charge on any atom is 0.251 e. The molecule has 4 heteroatoms. The highest BCUT2D eigenvalue weighted by Crippen LogP contribution is 2.27. The van der Waals surface area contributed by atoms with Gasteiger partial charge in [-0.15, -0.1) is 0 Å². The summed E-state index contributed by atoms with van der Waals surface area (Å²) in [5.41, 5.74) is 4.11. The molecule has 0 fully saturated rings.